The van der Waals surface area contributed by atoms with Crippen LogP contribution in [0, 0.1) is 0 Å². The molecule has 0 aliphatic rings. The Morgan fingerprint density at radius 2 is 2.33 bits per heavy atom. The van der Waals surface area contributed by atoms with Gasteiger partial charge in [0.15, 0.2) is 0 Å². The Labute approximate surface area is 60.7 Å². The van der Waals surface area contributed by atoms with Gasteiger partial charge in [-0.25, -0.2) is 0 Å². The zero-order chi connectivity index (χ0) is 7.28. The Morgan fingerprint density at radius 3 is 2.44 bits per heavy atom. The standard InChI is InChI=1S/C7H10ClN/c1-4-6(8)7(5-2)9-3/h4H,1,3,5H2,2H3/b7-6+. The average molecular weight is 144 g/mol. The summed E-state index contributed by atoms with van der Waals surface area (Å²) in [6, 6.07) is 0. The van der Waals surface area contributed by atoms with Crippen LogP contribution in [-0.2, 0) is 0 Å². The van der Waals surface area contributed by atoms with Gasteiger partial charge >= 0.3 is 0 Å². The lowest BCUT2D eigenvalue weighted by Gasteiger charge is -1.94. The van der Waals surface area contributed by atoms with E-state index in [0.29, 0.717) is 5.03 Å². The Hall–Kier alpha value is -0.560. The van der Waals surface area contributed by atoms with Crippen LogP contribution in [0.4, 0.5) is 0 Å². The summed E-state index contributed by atoms with van der Waals surface area (Å²) in [5.41, 5.74) is 0.798. The minimum atomic E-state index is 0.590. The van der Waals surface area contributed by atoms with Crippen molar-refractivity contribution in [3.8, 4) is 0 Å². The lowest BCUT2D eigenvalue weighted by atomic mass is 10.3. The van der Waals surface area contributed by atoms with Crippen LogP contribution in [0.3, 0.4) is 0 Å². The molecule has 0 unspecified atom stereocenters. The van der Waals surface area contributed by atoms with E-state index in [1.807, 2.05) is 6.92 Å². The summed E-state index contributed by atoms with van der Waals surface area (Å²) in [7, 11) is 0. The fraction of sp³-hybridized carbons (Fsp3) is 0.286. The van der Waals surface area contributed by atoms with Crippen molar-refractivity contribution in [3.05, 3.63) is 23.4 Å². The van der Waals surface area contributed by atoms with E-state index < -0.39 is 0 Å². The highest BCUT2D eigenvalue weighted by molar-refractivity contribution is 6.31. The number of hydrogen-bond acceptors (Lipinski definition) is 1. The molecule has 0 amide bonds. The third kappa shape index (κ3) is 2.47. The summed E-state index contributed by atoms with van der Waals surface area (Å²) in [5, 5.41) is 0.590. The van der Waals surface area contributed by atoms with Crippen molar-refractivity contribution in [3.63, 3.8) is 0 Å². The van der Waals surface area contributed by atoms with Gasteiger partial charge in [0, 0.05) is 0 Å². The van der Waals surface area contributed by atoms with Gasteiger partial charge in [-0.3, -0.25) is 4.99 Å². The summed E-state index contributed by atoms with van der Waals surface area (Å²) < 4.78 is 0. The van der Waals surface area contributed by atoms with Crippen molar-refractivity contribution in [2.45, 2.75) is 13.3 Å². The molecule has 0 fully saturated rings. The molecule has 0 saturated carbocycles. The first-order valence-electron chi connectivity index (χ1n) is 2.74. The zero-order valence-corrected chi connectivity index (χ0v) is 6.28. The maximum absolute atomic E-state index is 5.66. The Morgan fingerprint density at radius 1 is 1.78 bits per heavy atom. The molecule has 0 rings (SSSR count). The van der Waals surface area contributed by atoms with Gasteiger partial charge in [-0.1, -0.05) is 25.1 Å². The minimum absolute atomic E-state index is 0.590. The molecular weight excluding hydrogens is 134 g/mol. The zero-order valence-electron chi connectivity index (χ0n) is 5.52. The van der Waals surface area contributed by atoms with Crippen molar-refractivity contribution in [2.75, 3.05) is 0 Å². The molecule has 0 aromatic rings. The molecule has 0 heterocycles. The quantitative estimate of drug-likeness (QED) is 0.426. The van der Waals surface area contributed by atoms with Crippen molar-refractivity contribution >= 4 is 18.3 Å². The van der Waals surface area contributed by atoms with Gasteiger partial charge < -0.3 is 0 Å². The van der Waals surface area contributed by atoms with Crippen molar-refractivity contribution < 1.29 is 0 Å². The number of halogens is 1. The SMILES string of the molecule is C=C/C(Cl)=C(/CC)N=C. The Bertz CT molecular complexity index is 147. The maximum atomic E-state index is 5.66. The molecule has 0 saturated heterocycles. The number of aliphatic imine (C=N–C) groups is 1. The third-order valence-electron chi connectivity index (χ3n) is 0.981. The fourth-order valence-electron chi connectivity index (χ4n) is 0.474. The summed E-state index contributed by atoms with van der Waals surface area (Å²) in [5.74, 6) is 0. The molecule has 9 heavy (non-hydrogen) atoms. The van der Waals surface area contributed by atoms with E-state index in [9.17, 15) is 0 Å². The number of rotatable bonds is 3. The first-order chi connectivity index (χ1) is 4.26. The summed E-state index contributed by atoms with van der Waals surface area (Å²) in [6.45, 7) is 8.83. The van der Waals surface area contributed by atoms with Gasteiger partial charge in [-0.2, -0.15) is 0 Å². The molecule has 0 aliphatic carbocycles. The van der Waals surface area contributed by atoms with Gasteiger partial charge in [0.1, 0.15) is 0 Å². The molecule has 0 spiro atoms. The van der Waals surface area contributed by atoms with Crippen LogP contribution < -0.4 is 0 Å². The normalized spacial score (nSPS) is 12.2. The van der Waals surface area contributed by atoms with Crippen LogP contribution in [0.25, 0.3) is 0 Å². The molecule has 1 nitrogen and oxygen atoms in total. The molecule has 0 radical (unpaired) electrons. The van der Waals surface area contributed by atoms with Gasteiger partial charge in [0.25, 0.3) is 0 Å². The number of hydrogen-bond donors (Lipinski definition) is 0. The van der Waals surface area contributed by atoms with Gasteiger partial charge in [0.2, 0.25) is 0 Å². The monoisotopic (exact) mass is 143 g/mol. The highest BCUT2D eigenvalue weighted by Gasteiger charge is 1.92. The fourth-order valence-corrected chi connectivity index (χ4v) is 0.667. The predicted octanol–water partition coefficient (Wildman–Crippen LogP) is 2.73. The van der Waals surface area contributed by atoms with E-state index in [0.717, 1.165) is 12.1 Å². The average Bonchev–Trinajstić information content (AvgIpc) is 1.90. The molecule has 0 aliphatic heterocycles. The maximum Gasteiger partial charge on any atom is 0.0614 e. The van der Waals surface area contributed by atoms with Crippen LogP contribution >= 0.6 is 11.6 Å². The lowest BCUT2D eigenvalue weighted by molar-refractivity contribution is 1.07. The molecule has 0 aromatic carbocycles. The smallest absolute Gasteiger partial charge is 0.0614 e. The second-order valence-electron chi connectivity index (χ2n) is 1.51. The van der Waals surface area contributed by atoms with Crippen LogP contribution in [0.5, 0.6) is 0 Å². The molecule has 2 heteroatoms. The van der Waals surface area contributed by atoms with E-state index in [1.165, 1.54) is 0 Å². The first-order valence-corrected chi connectivity index (χ1v) is 3.11. The second kappa shape index (κ2) is 4.33. The lowest BCUT2D eigenvalue weighted by Crippen LogP contribution is -1.75. The summed E-state index contributed by atoms with van der Waals surface area (Å²) in [6.07, 6.45) is 2.36. The molecule has 0 bridgehead atoms. The van der Waals surface area contributed by atoms with E-state index >= 15 is 0 Å². The first kappa shape index (κ1) is 8.44. The van der Waals surface area contributed by atoms with Crippen molar-refractivity contribution in [1.82, 2.24) is 0 Å². The van der Waals surface area contributed by atoms with Crippen LogP contribution in [-0.4, -0.2) is 6.72 Å². The third-order valence-corrected chi connectivity index (χ3v) is 1.35. The summed E-state index contributed by atoms with van der Waals surface area (Å²) >= 11 is 5.66. The number of allylic oxidation sites excluding steroid dienone is 3. The van der Waals surface area contributed by atoms with E-state index in [1.54, 1.807) is 6.08 Å². The molecule has 0 atom stereocenters. The van der Waals surface area contributed by atoms with Crippen LogP contribution in [0.1, 0.15) is 13.3 Å². The Kier molecular flexibility index (Phi) is 4.06. The second-order valence-corrected chi connectivity index (χ2v) is 1.92. The molecule has 0 aromatic heterocycles. The number of nitrogens with zero attached hydrogens (tertiary/aromatic N) is 1. The van der Waals surface area contributed by atoms with E-state index in [-0.39, 0.29) is 0 Å². The molecule has 50 valence electrons. The molecule has 0 N–H and O–H groups in total. The van der Waals surface area contributed by atoms with Crippen LogP contribution in [0.2, 0.25) is 0 Å². The van der Waals surface area contributed by atoms with Gasteiger partial charge in [-0.15, -0.1) is 0 Å². The highest BCUT2D eigenvalue weighted by atomic mass is 35.5. The molecular formula is C7H10ClN. The van der Waals surface area contributed by atoms with Gasteiger partial charge in [0.05, 0.1) is 10.7 Å². The van der Waals surface area contributed by atoms with Gasteiger partial charge in [-0.05, 0) is 19.2 Å². The largest absolute Gasteiger partial charge is 0.268 e. The highest BCUT2D eigenvalue weighted by Crippen LogP contribution is 2.13. The minimum Gasteiger partial charge on any atom is -0.268 e. The topological polar surface area (TPSA) is 12.4 Å². The van der Waals surface area contributed by atoms with E-state index in [2.05, 4.69) is 18.3 Å². The van der Waals surface area contributed by atoms with Crippen LogP contribution in [0.15, 0.2) is 28.4 Å². The predicted molar refractivity (Wildman–Crippen MR) is 42.9 cm³/mol. The van der Waals surface area contributed by atoms with Crippen molar-refractivity contribution in [1.29, 1.82) is 0 Å². The van der Waals surface area contributed by atoms with Crippen molar-refractivity contribution in [2.24, 2.45) is 4.99 Å². The Balaban J connectivity index is 4.36. The summed E-state index contributed by atoms with van der Waals surface area (Å²) in [4.78, 5) is 3.70. The van der Waals surface area contributed by atoms with E-state index in [4.69, 9.17) is 11.6 Å².